The second-order valence-corrected chi connectivity index (χ2v) is 7.71. The summed E-state index contributed by atoms with van der Waals surface area (Å²) in [5, 5.41) is 9.87. The summed E-state index contributed by atoms with van der Waals surface area (Å²) >= 11 is 0. The van der Waals surface area contributed by atoms with Crippen molar-refractivity contribution >= 4 is 27.0 Å². The third kappa shape index (κ3) is 5.00. The minimum Gasteiger partial charge on any atom is -0.461 e. The molecule has 0 spiro atoms. The second kappa shape index (κ2) is 8.25. The average molecular weight is 378 g/mol. The summed E-state index contributed by atoms with van der Waals surface area (Å²) in [6.45, 7) is 0.790. The largest absolute Gasteiger partial charge is 0.461 e. The van der Waals surface area contributed by atoms with Gasteiger partial charge in [-0.1, -0.05) is 24.3 Å². The van der Waals surface area contributed by atoms with Crippen molar-refractivity contribution < 1.29 is 27.4 Å². The maximum atomic E-state index is 13.2. The Morgan fingerprint density at radius 3 is 1.96 bits per heavy atom. The lowest BCUT2D eigenvalue weighted by molar-refractivity contribution is -0.139. The minimum atomic E-state index is -3.34. The number of hydrogen-bond donors (Lipinski definition) is 1. The SMILES string of the molecule is CC(=O)OCC(=C(CO)c1ccc(S(C)(=O)=O)cc1)c1ccc(F)cc1. The standard InChI is InChI=1S/C19H19FO5S/c1-13(22)25-12-19(15-3-7-16(20)8-4-15)18(11-21)14-5-9-17(10-6-14)26(2,23)24/h3-10,21H,11-12H2,1-2H3. The highest BCUT2D eigenvalue weighted by atomic mass is 32.2. The third-order valence-electron chi connectivity index (χ3n) is 3.77. The van der Waals surface area contributed by atoms with Gasteiger partial charge in [-0.05, 0) is 41.0 Å². The molecule has 0 aliphatic carbocycles. The van der Waals surface area contributed by atoms with E-state index in [0.717, 1.165) is 6.26 Å². The summed E-state index contributed by atoms with van der Waals surface area (Å²) in [4.78, 5) is 11.4. The predicted molar refractivity (Wildman–Crippen MR) is 96.5 cm³/mol. The molecule has 0 saturated carbocycles. The molecule has 1 N–H and O–H groups in total. The number of sulfone groups is 1. The Bertz CT molecular complexity index is 913. The lowest BCUT2D eigenvalue weighted by Gasteiger charge is -2.15. The van der Waals surface area contributed by atoms with Crippen molar-refractivity contribution in [1.29, 1.82) is 0 Å². The van der Waals surface area contributed by atoms with Crippen LogP contribution < -0.4 is 0 Å². The van der Waals surface area contributed by atoms with Gasteiger partial charge in [-0.15, -0.1) is 0 Å². The van der Waals surface area contributed by atoms with E-state index in [1.54, 1.807) is 12.1 Å². The molecular weight excluding hydrogens is 359 g/mol. The molecular formula is C19H19FO5S. The van der Waals surface area contributed by atoms with Gasteiger partial charge in [0.1, 0.15) is 12.4 Å². The van der Waals surface area contributed by atoms with Gasteiger partial charge in [0, 0.05) is 18.8 Å². The van der Waals surface area contributed by atoms with Crippen molar-refractivity contribution in [2.45, 2.75) is 11.8 Å². The highest BCUT2D eigenvalue weighted by Gasteiger charge is 2.14. The van der Waals surface area contributed by atoms with Gasteiger partial charge in [-0.3, -0.25) is 4.79 Å². The zero-order valence-corrected chi connectivity index (χ0v) is 15.2. The summed E-state index contributed by atoms with van der Waals surface area (Å²) in [6, 6.07) is 11.6. The predicted octanol–water partition coefficient (Wildman–Crippen LogP) is 2.70. The van der Waals surface area contributed by atoms with Crippen LogP contribution >= 0.6 is 0 Å². The number of halogens is 1. The molecule has 0 saturated heterocycles. The first-order valence-electron chi connectivity index (χ1n) is 7.75. The van der Waals surface area contributed by atoms with Crippen LogP contribution in [0.1, 0.15) is 18.1 Å². The molecule has 7 heteroatoms. The van der Waals surface area contributed by atoms with Gasteiger partial charge in [0.05, 0.1) is 11.5 Å². The third-order valence-corrected chi connectivity index (χ3v) is 4.89. The maximum absolute atomic E-state index is 13.2. The smallest absolute Gasteiger partial charge is 0.302 e. The number of carbonyl (C=O) groups excluding carboxylic acids is 1. The van der Waals surface area contributed by atoms with Crippen molar-refractivity contribution in [3.05, 3.63) is 65.5 Å². The monoisotopic (exact) mass is 378 g/mol. The molecule has 0 aromatic heterocycles. The van der Waals surface area contributed by atoms with Crippen LogP contribution in [0.4, 0.5) is 4.39 Å². The fourth-order valence-electron chi connectivity index (χ4n) is 2.43. The molecule has 138 valence electrons. The van der Waals surface area contributed by atoms with E-state index < -0.39 is 21.6 Å². The molecule has 0 amide bonds. The first-order valence-corrected chi connectivity index (χ1v) is 9.64. The Kier molecular flexibility index (Phi) is 6.28. The molecule has 0 aliphatic rings. The summed E-state index contributed by atoms with van der Waals surface area (Å²) in [6.07, 6.45) is 1.11. The van der Waals surface area contributed by atoms with Crippen LogP contribution in [-0.2, 0) is 19.4 Å². The molecule has 2 aromatic carbocycles. The van der Waals surface area contributed by atoms with E-state index in [4.69, 9.17) is 4.74 Å². The zero-order valence-electron chi connectivity index (χ0n) is 14.4. The fraction of sp³-hybridized carbons (Fsp3) is 0.211. The Labute approximate surface area is 151 Å². The summed E-state index contributed by atoms with van der Waals surface area (Å²) in [7, 11) is -3.34. The van der Waals surface area contributed by atoms with E-state index in [2.05, 4.69) is 0 Å². The van der Waals surface area contributed by atoms with Crippen molar-refractivity contribution in [1.82, 2.24) is 0 Å². The topological polar surface area (TPSA) is 80.7 Å². The van der Waals surface area contributed by atoms with E-state index in [-0.39, 0.29) is 18.1 Å². The summed E-state index contributed by atoms with van der Waals surface area (Å²) in [5.41, 5.74) is 2.13. The average Bonchev–Trinajstić information content (AvgIpc) is 2.59. The highest BCUT2D eigenvalue weighted by Crippen LogP contribution is 2.28. The lowest BCUT2D eigenvalue weighted by atomic mass is 9.95. The number of aliphatic hydroxyl groups excluding tert-OH is 1. The Morgan fingerprint density at radius 2 is 1.50 bits per heavy atom. The van der Waals surface area contributed by atoms with E-state index in [9.17, 15) is 22.7 Å². The van der Waals surface area contributed by atoms with Gasteiger partial charge in [0.25, 0.3) is 0 Å². The Balaban J connectivity index is 2.56. The molecule has 2 rings (SSSR count). The zero-order chi connectivity index (χ0) is 19.3. The van der Waals surface area contributed by atoms with Crippen LogP contribution in [-0.4, -0.2) is 39.0 Å². The van der Waals surface area contributed by atoms with E-state index in [1.165, 1.54) is 43.3 Å². The van der Waals surface area contributed by atoms with Crippen LogP contribution in [0.5, 0.6) is 0 Å². The Morgan fingerprint density at radius 1 is 1.00 bits per heavy atom. The van der Waals surface area contributed by atoms with Gasteiger partial charge < -0.3 is 9.84 Å². The van der Waals surface area contributed by atoms with Crippen LogP contribution in [0.2, 0.25) is 0 Å². The van der Waals surface area contributed by atoms with Crippen LogP contribution in [0.15, 0.2) is 53.4 Å². The summed E-state index contributed by atoms with van der Waals surface area (Å²) < 4.78 is 41.5. The molecule has 5 nitrogen and oxygen atoms in total. The molecule has 2 aromatic rings. The van der Waals surface area contributed by atoms with E-state index >= 15 is 0 Å². The maximum Gasteiger partial charge on any atom is 0.302 e. The van der Waals surface area contributed by atoms with Crippen molar-refractivity contribution in [3.63, 3.8) is 0 Å². The number of benzene rings is 2. The number of hydrogen-bond acceptors (Lipinski definition) is 5. The number of rotatable bonds is 6. The van der Waals surface area contributed by atoms with E-state index in [1.807, 2.05) is 0 Å². The number of carbonyl (C=O) groups is 1. The molecule has 0 aliphatic heterocycles. The van der Waals surface area contributed by atoms with Gasteiger partial charge in [-0.2, -0.15) is 0 Å². The van der Waals surface area contributed by atoms with Crippen molar-refractivity contribution in [2.24, 2.45) is 0 Å². The molecule has 0 unspecified atom stereocenters. The molecule has 0 radical (unpaired) electrons. The first-order chi connectivity index (χ1) is 12.2. The second-order valence-electron chi connectivity index (χ2n) is 5.70. The number of esters is 1. The van der Waals surface area contributed by atoms with Crippen molar-refractivity contribution in [3.8, 4) is 0 Å². The molecule has 0 heterocycles. The van der Waals surface area contributed by atoms with Gasteiger partial charge in [0.15, 0.2) is 9.84 Å². The normalized spacial score (nSPS) is 12.5. The summed E-state index contributed by atoms with van der Waals surface area (Å²) in [5.74, 6) is -0.905. The molecule has 26 heavy (non-hydrogen) atoms. The Hall–Kier alpha value is -2.51. The van der Waals surface area contributed by atoms with Gasteiger partial charge >= 0.3 is 5.97 Å². The van der Waals surface area contributed by atoms with Crippen LogP contribution in [0.25, 0.3) is 11.1 Å². The molecule has 0 bridgehead atoms. The van der Waals surface area contributed by atoms with E-state index in [0.29, 0.717) is 22.3 Å². The fourth-order valence-corrected chi connectivity index (χ4v) is 3.06. The van der Waals surface area contributed by atoms with Crippen molar-refractivity contribution in [2.75, 3.05) is 19.5 Å². The highest BCUT2D eigenvalue weighted by molar-refractivity contribution is 7.90. The van der Waals surface area contributed by atoms with Crippen LogP contribution in [0, 0.1) is 5.82 Å². The quantitative estimate of drug-likeness (QED) is 0.617. The number of ether oxygens (including phenoxy) is 1. The number of aliphatic hydroxyl groups is 1. The van der Waals surface area contributed by atoms with Crippen LogP contribution in [0.3, 0.4) is 0 Å². The van der Waals surface area contributed by atoms with Gasteiger partial charge in [-0.25, -0.2) is 12.8 Å². The minimum absolute atomic E-state index is 0.106. The van der Waals surface area contributed by atoms with Gasteiger partial charge in [0.2, 0.25) is 0 Å². The molecule has 0 atom stereocenters. The molecule has 0 fully saturated rings. The lowest BCUT2D eigenvalue weighted by Crippen LogP contribution is -2.07. The first kappa shape index (κ1) is 19.8.